The molecule has 1 aliphatic rings. The molecule has 0 saturated carbocycles. The number of carbonyl (C=O) groups excluding carboxylic acids is 1. The van der Waals surface area contributed by atoms with E-state index < -0.39 is 4.92 Å². The van der Waals surface area contributed by atoms with Gasteiger partial charge in [0.15, 0.2) is 0 Å². The first-order valence-corrected chi connectivity index (χ1v) is 6.59. The molecule has 2 rings (SSSR count). The molecule has 6 heteroatoms. The molecular formula is C14H17N3O3. The number of nitrogens with one attached hydrogen (secondary N) is 2. The van der Waals surface area contributed by atoms with Gasteiger partial charge in [-0.1, -0.05) is 12.1 Å². The number of rotatable bonds is 4. The van der Waals surface area contributed by atoms with Gasteiger partial charge in [0.05, 0.1) is 10.5 Å². The van der Waals surface area contributed by atoms with Crippen molar-refractivity contribution in [1.82, 2.24) is 10.6 Å². The van der Waals surface area contributed by atoms with E-state index in [1.165, 1.54) is 18.2 Å². The standard InChI is InChI=1S/C14H17N3O3/c18-14(16-12-7-9-15-10-8-12)6-5-11-3-1-2-4-13(11)17(19)20/h1-6,12,15H,7-10H2,(H,16,18)/b6-5+. The fourth-order valence-corrected chi connectivity index (χ4v) is 2.18. The van der Waals surface area contributed by atoms with Gasteiger partial charge >= 0.3 is 0 Å². The van der Waals surface area contributed by atoms with Crippen LogP contribution in [-0.2, 0) is 4.79 Å². The van der Waals surface area contributed by atoms with Gasteiger partial charge in [-0.05, 0) is 38.1 Å². The number of amides is 1. The van der Waals surface area contributed by atoms with E-state index in [1.807, 2.05) is 0 Å². The monoisotopic (exact) mass is 275 g/mol. The maximum absolute atomic E-state index is 11.8. The van der Waals surface area contributed by atoms with Crippen LogP contribution in [0.25, 0.3) is 6.08 Å². The summed E-state index contributed by atoms with van der Waals surface area (Å²) in [6, 6.07) is 6.53. The number of benzene rings is 1. The lowest BCUT2D eigenvalue weighted by Crippen LogP contribution is -2.42. The number of hydrogen-bond acceptors (Lipinski definition) is 4. The largest absolute Gasteiger partial charge is 0.350 e. The summed E-state index contributed by atoms with van der Waals surface area (Å²) in [6.45, 7) is 1.80. The Balaban J connectivity index is 1.98. The summed E-state index contributed by atoms with van der Waals surface area (Å²) in [5.74, 6) is -0.213. The molecule has 0 unspecified atom stereocenters. The molecule has 1 saturated heterocycles. The van der Waals surface area contributed by atoms with Crippen molar-refractivity contribution in [2.24, 2.45) is 0 Å². The van der Waals surface area contributed by atoms with Crippen molar-refractivity contribution in [3.05, 3.63) is 46.0 Å². The van der Waals surface area contributed by atoms with Crippen LogP contribution < -0.4 is 10.6 Å². The summed E-state index contributed by atoms with van der Waals surface area (Å²) in [5.41, 5.74) is 0.427. The van der Waals surface area contributed by atoms with Gasteiger partial charge in [-0.25, -0.2) is 0 Å². The predicted octanol–water partition coefficient (Wildman–Crippen LogP) is 1.48. The van der Waals surface area contributed by atoms with Crippen LogP contribution in [0, 0.1) is 10.1 Å². The molecule has 0 bridgehead atoms. The Morgan fingerprint density at radius 1 is 1.35 bits per heavy atom. The van der Waals surface area contributed by atoms with Gasteiger partial charge in [-0.3, -0.25) is 14.9 Å². The fourth-order valence-electron chi connectivity index (χ4n) is 2.18. The second kappa shape index (κ2) is 6.81. The van der Waals surface area contributed by atoms with Crippen molar-refractivity contribution in [1.29, 1.82) is 0 Å². The molecule has 1 fully saturated rings. The Hall–Kier alpha value is -2.21. The average molecular weight is 275 g/mol. The highest BCUT2D eigenvalue weighted by atomic mass is 16.6. The smallest absolute Gasteiger partial charge is 0.276 e. The number of nitrogens with zero attached hydrogens (tertiary/aromatic N) is 1. The Morgan fingerprint density at radius 2 is 2.05 bits per heavy atom. The van der Waals surface area contributed by atoms with Gasteiger partial charge in [0.2, 0.25) is 5.91 Å². The molecule has 1 aromatic rings. The Morgan fingerprint density at radius 3 is 2.75 bits per heavy atom. The van der Waals surface area contributed by atoms with Gasteiger partial charge in [0.25, 0.3) is 5.69 Å². The summed E-state index contributed by atoms with van der Waals surface area (Å²) in [4.78, 5) is 22.2. The summed E-state index contributed by atoms with van der Waals surface area (Å²) in [5, 5.41) is 17.0. The third kappa shape index (κ3) is 3.89. The van der Waals surface area contributed by atoms with E-state index in [1.54, 1.807) is 18.2 Å². The van der Waals surface area contributed by atoms with E-state index in [0.29, 0.717) is 5.56 Å². The van der Waals surface area contributed by atoms with Crippen molar-refractivity contribution in [3.8, 4) is 0 Å². The van der Waals surface area contributed by atoms with E-state index in [0.717, 1.165) is 25.9 Å². The molecule has 0 spiro atoms. The maximum atomic E-state index is 11.8. The van der Waals surface area contributed by atoms with Crippen LogP contribution in [0.1, 0.15) is 18.4 Å². The third-order valence-corrected chi connectivity index (χ3v) is 3.23. The van der Waals surface area contributed by atoms with E-state index in [2.05, 4.69) is 10.6 Å². The minimum atomic E-state index is -0.454. The van der Waals surface area contributed by atoms with Crippen molar-refractivity contribution in [2.75, 3.05) is 13.1 Å². The lowest BCUT2D eigenvalue weighted by Gasteiger charge is -2.22. The molecule has 106 valence electrons. The second-order valence-corrected chi connectivity index (χ2v) is 4.68. The van der Waals surface area contributed by atoms with Gasteiger partial charge in [-0.2, -0.15) is 0 Å². The molecule has 0 aromatic heterocycles. The number of carbonyl (C=O) groups is 1. The number of nitro groups is 1. The molecule has 1 aromatic carbocycles. The summed E-state index contributed by atoms with van der Waals surface area (Å²) in [6.07, 6.45) is 4.65. The molecule has 0 atom stereocenters. The van der Waals surface area contributed by atoms with Gasteiger partial charge in [0.1, 0.15) is 0 Å². The van der Waals surface area contributed by atoms with Crippen molar-refractivity contribution in [3.63, 3.8) is 0 Å². The summed E-state index contributed by atoms with van der Waals surface area (Å²) in [7, 11) is 0. The van der Waals surface area contributed by atoms with Crippen LogP contribution >= 0.6 is 0 Å². The van der Waals surface area contributed by atoms with E-state index >= 15 is 0 Å². The lowest BCUT2D eigenvalue weighted by molar-refractivity contribution is -0.385. The van der Waals surface area contributed by atoms with Gasteiger partial charge < -0.3 is 10.6 Å². The average Bonchev–Trinajstić information content (AvgIpc) is 2.46. The molecule has 1 amide bonds. The number of para-hydroxylation sites is 1. The molecular weight excluding hydrogens is 258 g/mol. The molecule has 0 aliphatic carbocycles. The first-order chi connectivity index (χ1) is 9.66. The molecule has 2 N–H and O–H groups in total. The SMILES string of the molecule is O=C(/C=C/c1ccccc1[N+](=O)[O-])NC1CCNCC1. The molecule has 6 nitrogen and oxygen atoms in total. The highest BCUT2D eigenvalue weighted by Gasteiger charge is 2.14. The number of nitro benzene ring substituents is 1. The maximum Gasteiger partial charge on any atom is 0.276 e. The Labute approximate surface area is 117 Å². The zero-order valence-corrected chi connectivity index (χ0v) is 11.0. The van der Waals surface area contributed by atoms with Crippen molar-refractivity contribution < 1.29 is 9.72 Å². The molecule has 20 heavy (non-hydrogen) atoms. The second-order valence-electron chi connectivity index (χ2n) is 4.68. The molecule has 1 heterocycles. The minimum absolute atomic E-state index is 0.00147. The third-order valence-electron chi connectivity index (χ3n) is 3.23. The number of hydrogen-bond donors (Lipinski definition) is 2. The fraction of sp³-hybridized carbons (Fsp3) is 0.357. The number of piperidine rings is 1. The molecule has 1 aliphatic heterocycles. The lowest BCUT2D eigenvalue weighted by atomic mass is 10.1. The quantitative estimate of drug-likeness (QED) is 0.495. The van der Waals surface area contributed by atoms with Crippen LogP contribution in [0.5, 0.6) is 0 Å². The van der Waals surface area contributed by atoms with Crippen LogP contribution in [0.4, 0.5) is 5.69 Å². The minimum Gasteiger partial charge on any atom is -0.350 e. The molecule has 0 radical (unpaired) electrons. The summed E-state index contributed by atoms with van der Waals surface area (Å²) >= 11 is 0. The highest BCUT2D eigenvalue weighted by Crippen LogP contribution is 2.18. The van der Waals surface area contributed by atoms with E-state index in [4.69, 9.17) is 0 Å². The van der Waals surface area contributed by atoms with Gasteiger partial charge in [-0.15, -0.1) is 0 Å². The van der Waals surface area contributed by atoms with Crippen LogP contribution in [0.3, 0.4) is 0 Å². The first-order valence-electron chi connectivity index (χ1n) is 6.59. The van der Waals surface area contributed by atoms with Crippen molar-refractivity contribution in [2.45, 2.75) is 18.9 Å². The first kappa shape index (κ1) is 14.2. The van der Waals surface area contributed by atoms with E-state index in [9.17, 15) is 14.9 Å². The normalized spacial score (nSPS) is 16.2. The zero-order chi connectivity index (χ0) is 14.4. The Bertz CT molecular complexity index is 522. The van der Waals surface area contributed by atoms with Crippen LogP contribution in [0.15, 0.2) is 30.3 Å². The predicted molar refractivity (Wildman–Crippen MR) is 76.2 cm³/mol. The topological polar surface area (TPSA) is 84.3 Å². The Kier molecular flexibility index (Phi) is 4.84. The van der Waals surface area contributed by atoms with Gasteiger partial charge in [0, 0.05) is 18.2 Å². The van der Waals surface area contributed by atoms with Crippen LogP contribution in [-0.4, -0.2) is 30.0 Å². The van der Waals surface area contributed by atoms with Crippen molar-refractivity contribution >= 4 is 17.7 Å². The summed E-state index contributed by atoms with van der Waals surface area (Å²) < 4.78 is 0. The van der Waals surface area contributed by atoms with Crippen LogP contribution in [0.2, 0.25) is 0 Å². The highest BCUT2D eigenvalue weighted by molar-refractivity contribution is 5.92. The zero-order valence-electron chi connectivity index (χ0n) is 11.0. The van der Waals surface area contributed by atoms with E-state index in [-0.39, 0.29) is 17.6 Å².